The van der Waals surface area contributed by atoms with Gasteiger partial charge in [-0.2, -0.15) is 0 Å². The highest BCUT2D eigenvalue weighted by Gasteiger charge is 2.36. The number of carbonyl (C=O) groups excluding carboxylic acids is 3. The minimum atomic E-state index is -0.426. The average molecular weight is 366 g/mol. The Morgan fingerprint density at radius 3 is 2.31 bits per heavy atom. The fourth-order valence-corrected chi connectivity index (χ4v) is 3.38. The molecule has 0 aliphatic carbocycles. The van der Waals surface area contributed by atoms with E-state index in [1.165, 1.54) is 4.90 Å². The van der Waals surface area contributed by atoms with Crippen LogP contribution in [0, 0.1) is 0 Å². The number of amides is 3. The Kier molecular flexibility index (Phi) is 5.53. The van der Waals surface area contributed by atoms with Crippen LogP contribution < -0.4 is 0 Å². The van der Waals surface area contributed by atoms with Gasteiger partial charge in [-0.25, -0.2) is 0 Å². The summed E-state index contributed by atoms with van der Waals surface area (Å²) in [5.74, 6) is -0.706. The van der Waals surface area contributed by atoms with Gasteiger partial charge in [0, 0.05) is 13.6 Å². The molecule has 1 saturated heterocycles. The molecule has 5 nitrogen and oxygen atoms in total. The van der Waals surface area contributed by atoms with E-state index < -0.39 is 11.1 Å². The second kappa shape index (κ2) is 8.01. The van der Waals surface area contributed by atoms with Crippen LogP contribution in [0.25, 0.3) is 6.08 Å². The van der Waals surface area contributed by atoms with Crippen molar-refractivity contribution in [2.45, 2.75) is 6.54 Å². The first-order valence-electron chi connectivity index (χ1n) is 8.13. The predicted molar refractivity (Wildman–Crippen MR) is 102 cm³/mol. The van der Waals surface area contributed by atoms with Crippen LogP contribution in [0.2, 0.25) is 0 Å². The molecule has 2 aromatic rings. The lowest BCUT2D eigenvalue weighted by Crippen LogP contribution is -2.40. The molecule has 0 aromatic heterocycles. The number of thioether (sulfide) groups is 1. The molecule has 0 bridgehead atoms. The van der Waals surface area contributed by atoms with Crippen LogP contribution in [-0.4, -0.2) is 40.4 Å². The van der Waals surface area contributed by atoms with E-state index in [0.717, 1.165) is 27.8 Å². The molecule has 0 radical (unpaired) electrons. The molecule has 26 heavy (non-hydrogen) atoms. The first-order chi connectivity index (χ1) is 12.5. The number of likely N-dealkylation sites (N-methyl/N-ethyl adjacent to an activating group) is 1. The Morgan fingerprint density at radius 2 is 1.65 bits per heavy atom. The van der Waals surface area contributed by atoms with E-state index in [9.17, 15) is 14.4 Å². The molecule has 0 unspecified atom stereocenters. The molecule has 0 spiro atoms. The van der Waals surface area contributed by atoms with Gasteiger partial charge >= 0.3 is 0 Å². The molecule has 132 valence electrons. The fourth-order valence-electron chi connectivity index (χ4n) is 2.54. The second-order valence-electron chi connectivity index (χ2n) is 5.91. The van der Waals surface area contributed by atoms with Crippen molar-refractivity contribution in [3.63, 3.8) is 0 Å². The van der Waals surface area contributed by atoms with Crippen LogP contribution in [0.4, 0.5) is 4.79 Å². The topological polar surface area (TPSA) is 57.7 Å². The number of hydrogen-bond acceptors (Lipinski definition) is 4. The summed E-state index contributed by atoms with van der Waals surface area (Å²) >= 11 is 0.862. The van der Waals surface area contributed by atoms with Gasteiger partial charge in [0.25, 0.3) is 11.1 Å². The average Bonchev–Trinajstić information content (AvgIpc) is 2.90. The van der Waals surface area contributed by atoms with E-state index in [4.69, 9.17) is 0 Å². The van der Waals surface area contributed by atoms with Crippen LogP contribution in [0.3, 0.4) is 0 Å². The van der Waals surface area contributed by atoms with Crippen molar-refractivity contribution >= 4 is 34.9 Å². The molecule has 6 heteroatoms. The molecule has 1 fully saturated rings. The summed E-state index contributed by atoms with van der Waals surface area (Å²) in [6, 6.07) is 18.9. The minimum absolute atomic E-state index is 0.250. The molecule has 3 amide bonds. The maximum atomic E-state index is 12.5. The monoisotopic (exact) mass is 366 g/mol. The lowest BCUT2D eigenvalue weighted by molar-refractivity contribution is -0.135. The quantitative estimate of drug-likeness (QED) is 0.761. The first-order valence-corrected chi connectivity index (χ1v) is 8.94. The second-order valence-corrected chi connectivity index (χ2v) is 6.91. The lowest BCUT2D eigenvalue weighted by atomic mass is 10.2. The predicted octanol–water partition coefficient (Wildman–Crippen LogP) is 3.38. The van der Waals surface area contributed by atoms with E-state index >= 15 is 0 Å². The molecule has 1 aliphatic rings. The van der Waals surface area contributed by atoms with Crippen LogP contribution in [0.1, 0.15) is 11.1 Å². The van der Waals surface area contributed by atoms with Crippen LogP contribution in [0.15, 0.2) is 65.6 Å². The standard InChI is InChI=1S/C20H18N2O3S/c1-21(13-16-10-6-3-7-11-16)18(23)14-22-19(24)17(26-20(22)25)12-15-8-4-2-5-9-15/h2-12H,13-14H2,1H3/b17-12+. The van der Waals surface area contributed by atoms with E-state index in [1.54, 1.807) is 13.1 Å². The summed E-state index contributed by atoms with van der Waals surface area (Å²) in [5.41, 5.74) is 1.83. The summed E-state index contributed by atoms with van der Waals surface area (Å²) in [6.07, 6.45) is 1.67. The smallest absolute Gasteiger partial charge is 0.294 e. The summed E-state index contributed by atoms with van der Waals surface area (Å²) in [4.78, 5) is 39.9. The third-order valence-corrected chi connectivity index (χ3v) is 4.86. The van der Waals surface area contributed by atoms with Crippen molar-refractivity contribution in [1.29, 1.82) is 0 Å². The number of imide groups is 1. The zero-order chi connectivity index (χ0) is 18.5. The third-order valence-electron chi connectivity index (χ3n) is 3.95. The minimum Gasteiger partial charge on any atom is -0.340 e. The summed E-state index contributed by atoms with van der Waals surface area (Å²) in [5, 5.41) is -0.418. The van der Waals surface area contributed by atoms with Gasteiger partial charge < -0.3 is 4.90 Å². The summed E-state index contributed by atoms with van der Waals surface area (Å²) in [6.45, 7) is 0.176. The highest BCUT2D eigenvalue weighted by Crippen LogP contribution is 2.32. The van der Waals surface area contributed by atoms with Crippen LogP contribution in [-0.2, 0) is 16.1 Å². The zero-order valence-electron chi connectivity index (χ0n) is 14.3. The van der Waals surface area contributed by atoms with Crippen molar-refractivity contribution in [3.05, 3.63) is 76.7 Å². The van der Waals surface area contributed by atoms with Crippen LogP contribution >= 0.6 is 11.8 Å². The Bertz CT molecular complexity index is 850. The van der Waals surface area contributed by atoms with E-state index in [-0.39, 0.29) is 12.5 Å². The van der Waals surface area contributed by atoms with Crippen molar-refractivity contribution in [2.75, 3.05) is 13.6 Å². The Hall–Kier alpha value is -2.86. The van der Waals surface area contributed by atoms with Gasteiger partial charge in [0.15, 0.2) is 0 Å². The normalized spacial score (nSPS) is 15.6. The van der Waals surface area contributed by atoms with Gasteiger partial charge in [-0.1, -0.05) is 60.7 Å². The van der Waals surface area contributed by atoms with E-state index in [1.807, 2.05) is 60.7 Å². The maximum absolute atomic E-state index is 12.5. The first kappa shape index (κ1) is 17.9. The number of nitrogens with zero attached hydrogens (tertiary/aromatic N) is 2. The van der Waals surface area contributed by atoms with Gasteiger partial charge in [0.2, 0.25) is 5.91 Å². The van der Waals surface area contributed by atoms with E-state index in [2.05, 4.69) is 0 Å². The molecular weight excluding hydrogens is 348 g/mol. The highest BCUT2D eigenvalue weighted by molar-refractivity contribution is 8.18. The number of hydrogen-bond donors (Lipinski definition) is 0. The SMILES string of the molecule is CN(Cc1ccccc1)C(=O)CN1C(=O)S/C(=C/c2ccccc2)C1=O. The molecule has 3 rings (SSSR count). The summed E-state index contributed by atoms with van der Waals surface area (Å²) in [7, 11) is 1.66. The maximum Gasteiger partial charge on any atom is 0.294 e. The molecule has 1 heterocycles. The van der Waals surface area contributed by atoms with Crippen molar-refractivity contribution in [2.24, 2.45) is 0 Å². The molecule has 0 saturated carbocycles. The summed E-state index contributed by atoms with van der Waals surface area (Å²) < 4.78 is 0. The third kappa shape index (κ3) is 4.21. The van der Waals surface area contributed by atoms with Gasteiger partial charge in [0.1, 0.15) is 6.54 Å². The lowest BCUT2D eigenvalue weighted by Gasteiger charge is -2.20. The van der Waals surface area contributed by atoms with Crippen molar-refractivity contribution < 1.29 is 14.4 Å². The molecule has 0 N–H and O–H groups in total. The largest absolute Gasteiger partial charge is 0.340 e. The molecule has 2 aromatic carbocycles. The van der Waals surface area contributed by atoms with Crippen molar-refractivity contribution in [1.82, 2.24) is 9.80 Å². The van der Waals surface area contributed by atoms with Crippen molar-refractivity contribution in [3.8, 4) is 0 Å². The Morgan fingerprint density at radius 1 is 1.04 bits per heavy atom. The van der Waals surface area contributed by atoms with Gasteiger partial charge in [-0.3, -0.25) is 19.3 Å². The Balaban J connectivity index is 1.66. The molecule has 1 aliphatic heterocycles. The van der Waals surface area contributed by atoms with Gasteiger partial charge in [-0.15, -0.1) is 0 Å². The zero-order valence-corrected chi connectivity index (χ0v) is 15.1. The van der Waals surface area contributed by atoms with Gasteiger partial charge in [0.05, 0.1) is 4.91 Å². The Labute approximate surface area is 156 Å². The number of carbonyl (C=O) groups is 3. The van der Waals surface area contributed by atoms with Gasteiger partial charge in [-0.05, 0) is 29.0 Å². The molecular formula is C20H18N2O3S. The number of rotatable bonds is 5. The number of benzene rings is 2. The molecule has 0 atom stereocenters. The van der Waals surface area contributed by atoms with Crippen LogP contribution in [0.5, 0.6) is 0 Å². The fraction of sp³-hybridized carbons (Fsp3) is 0.150. The van der Waals surface area contributed by atoms with E-state index in [0.29, 0.717) is 11.4 Å². The highest BCUT2D eigenvalue weighted by atomic mass is 32.2.